The number of hydrogen-bond donors (Lipinski definition) is 0. The fourth-order valence-electron chi connectivity index (χ4n) is 3.22. The highest BCUT2D eigenvalue weighted by Gasteiger charge is 2.33. The van der Waals surface area contributed by atoms with Crippen LogP contribution in [0.4, 0.5) is 4.39 Å². The third-order valence-corrected chi connectivity index (χ3v) is 4.42. The lowest BCUT2D eigenvalue weighted by atomic mass is 10.0. The smallest absolute Gasteiger partial charge is 0.257 e. The molecule has 3 rings (SSSR count). The molecule has 0 unspecified atom stereocenters. The molecule has 24 heavy (non-hydrogen) atoms. The molecule has 2 aromatic carbocycles. The number of carbonyl (C=O) groups excluding carboxylic acids is 1. The fourth-order valence-corrected chi connectivity index (χ4v) is 3.22. The van der Waals surface area contributed by atoms with Crippen LogP contribution in [-0.2, 0) is 0 Å². The molecule has 2 aromatic rings. The highest BCUT2D eigenvalue weighted by Crippen LogP contribution is 2.39. The van der Waals surface area contributed by atoms with E-state index >= 15 is 0 Å². The van der Waals surface area contributed by atoms with Crippen molar-refractivity contribution in [3.05, 3.63) is 59.4 Å². The molecule has 1 fully saturated rings. The van der Waals surface area contributed by atoms with Crippen LogP contribution < -0.4 is 9.47 Å². The minimum atomic E-state index is -0.491. The number of halogens is 1. The van der Waals surface area contributed by atoms with E-state index in [4.69, 9.17) is 9.47 Å². The van der Waals surface area contributed by atoms with E-state index in [0.29, 0.717) is 18.0 Å². The Bertz CT molecular complexity index is 747. The monoisotopic (exact) mass is 329 g/mol. The van der Waals surface area contributed by atoms with Crippen LogP contribution in [0.25, 0.3) is 0 Å². The zero-order valence-electron chi connectivity index (χ0n) is 13.8. The van der Waals surface area contributed by atoms with Gasteiger partial charge in [0.1, 0.15) is 17.3 Å². The lowest BCUT2D eigenvalue weighted by Crippen LogP contribution is -2.31. The van der Waals surface area contributed by atoms with Crippen LogP contribution in [-0.4, -0.2) is 31.6 Å². The van der Waals surface area contributed by atoms with Crippen LogP contribution in [0.1, 0.15) is 34.8 Å². The van der Waals surface area contributed by atoms with Gasteiger partial charge < -0.3 is 14.4 Å². The standard InChI is InChI=1S/C19H20FNO3/c1-23-13-9-10-15(18(12-13)24-2)17-8-5-11-21(17)19(22)14-6-3-4-7-16(14)20/h3-4,6-7,9-10,12,17H,5,8,11H2,1-2H3/t17-/m0/s1. The number of likely N-dealkylation sites (tertiary alicyclic amines) is 1. The second-order valence-electron chi connectivity index (χ2n) is 5.74. The number of carbonyl (C=O) groups is 1. The van der Waals surface area contributed by atoms with Crippen LogP contribution in [0.5, 0.6) is 11.5 Å². The van der Waals surface area contributed by atoms with Gasteiger partial charge in [-0.1, -0.05) is 12.1 Å². The van der Waals surface area contributed by atoms with Crippen molar-refractivity contribution in [3.63, 3.8) is 0 Å². The van der Waals surface area contributed by atoms with E-state index in [1.807, 2.05) is 12.1 Å². The SMILES string of the molecule is COc1ccc([C@@H]2CCCN2C(=O)c2ccccc2F)c(OC)c1. The molecule has 1 aliphatic rings. The first kappa shape index (κ1) is 16.3. The van der Waals surface area contributed by atoms with Crippen LogP contribution in [0, 0.1) is 5.82 Å². The van der Waals surface area contributed by atoms with E-state index in [-0.39, 0.29) is 17.5 Å². The lowest BCUT2D eigenvalue weighted by molar-refractivity contribution is 0.0729. The third kappa shape index (κ3) is 2.94. The molecule has 126 valence electrons. The predicted molar refractivity (Wildman–Crippen MR) is 89.0 cm³/mol. The van der Waals surface area contributed by atoms with Crippen molar-refractivity contribution in [2.24, 2.45) is 0 Å². The van der Waals surface area contributed by atoms with Gasteiger partial charge in [-0.2, -0.15) is 0 Å². The zero-order chi connectivity index (χ0) is 17.1. The summed E-state index contributed by atoms with van der Waals surface area (Å²) in [5, 5.41) is 0. The highest BCUT2D eigenvalue weighted by molar-refractivity contribution is 5.95. The summed E-state index contributed by atoms with van der Waals surface area (Å²) < 4.78 is 24.7. The van der Waals surface area contributed by atoms with Crippen LogP contribution >= 0.6 is 0 Å². The van der Waals surface area contributed by atoms with E-state index in [2.05, 4.69) is 0 Å². The minimum absolute atomic E-state index is 0.108. The molecule has 5 heteroatoms. The van der Waals surface area contributed by atoms with Crippen molar-refractivity contribution in [2.75, 3.05) is 20.8 Å². The second kappa shape index (κ2) is 6.91. The number of amides is 1. The quantitative estimate of drug-likeness (QED) is 0.856. The van der Waals surface area contributed by atoms with Crippen molar-refractivity contribution in [2.45, 2.75) is 18.9 Å². The second-order valence-corrected chi connectivity index (χ2v) is 5.74. The zero-order valence-corrected chi connectivity index (χ0v) is 13.8. The molecule has 1 atom stereocenters. The molecule has 0 spiro atoms. The first-order valence-corrected chi connectivity index (χ1v) is 7.93. The molecule has 0 bridgehead atoms. The summed E-state index contributed by atoms with van der Waals surface area (Å²) in [6.45, 7) is 0.604. The summed E-state index contributed by atoms with van der Waals surface area (Å²) in [5.41, 5.74) is 1.03. The van der Waals surface area contributed by atoms with E-state index < -0.39 is 5.82 Å². The largest absolute Gasteiger partial charge is 0.497 e. The molecule has 1 heterocycles. The van der Waals surface area contributed by atoms with Gasteiger partial charge in [0.25, 0.3) is 5.91 Å². The van der Waals surface area contributed by atoms with Crippen LogP contribution in [0.3, 0.4) is 0 Å². The Morgan fingerprint density at radius 1 is 1.17 bits per heavy atom. The van der Waals surface area contributed by atoms with Crippen molar-refractivity contribution < 1.29 is 18.7 Å². The number of methoxy groups -OCH3 is 2. The normalized spacial score (nSPS) is 17.0. The Balaban J connectivity index is 1.94. The molecule has 0 saturated carbocycles. The molecular formula is C19H20FNO3. The average Bonchev–Trinajstić information content (AvgIpc) is 3.10. The van der Waals surface area contributed by atoms with Crippen molar-refractivity contribution >= 4 is 5.91 Å². The predicted octanol–water partition coefficient (Wildman–Crippen LogP) is 3.82. The Labute approximate surface area is 140 Å². The van der Waals surface area contributed by atoms with E-state index in [1.54, 1.807) is 37.3 Å². The summed E-state index contributed by atoms with van der Waals surface area (Å²) >= 11 is 0. The Kier molecular flexibility index (Phi) is 4.69. The molecule has 0 N–H and O–H groups in total. The van der Waals surface area contributed by atoms with Gasteiger partial charge in [-0.15, -0.1) is 0 Å². The molecular weight excluding hydrogens is 309 g/mol. The number of rotatable bonds is 4. The maximum absolute atomic E-state index is 14.0. The number of hydrogen-bond acceptors (Lipinski definition) is 3. The lowest BCUT2D eigenvalue weighted by Gasteiger charge is -2.26. The Morgan fingerprint density at radius 3 is 2.67 bits per heavy atom. The molecule has 0 aromatic heterocycles. The first-order valence-electron chi connectivity index (χ1n) is 7.93. The van der Waals surface area contributed by atoms with Gasteiger partial charge in [0.15, 0.2) is 0 Å². The van der Waals surface area contributed by atoms with Gasteiger partial charge in [-0.25, -0.2) is 4.39 Å². The Morgan fingerprint density at radius 2 is 1.96 bits per heavy atom. The van der Waals surface area contributed by atoms with Gasteiger partial charge in [-0.3, -0.25) is 4.79 Å². The summed E-state index contributed by atoms with van der Waals surface area (Å²) in [7, 11) is 3.19. The number of benzene rings is 2. The fraction of sp³-hybridized carbons (Fsp3) is 0.316. The summed E-state index contributed by atoms with van der Waals surface area (Å²) in [4.78, 5) is 14.5. The maximum atomic E-state index is 14.0. The average molecular weight is 329 g/mol. The van der Waals surface area contributed by atoms with Gasteiger partial charge >= 0.3 is 0 Å². The topological polar surface area (TPSA) is 38.8 Å². The third-order valence-electron chi connectivity index (χ3n) is 4.42. The first-order chi connectivity index (χ1) is 11.7. The highest BCUT2D eigenvalue weighted by atomic mass is 19.1. The number of nitrogens with zero attached hydrogens (tertiary/aromatic N) is 1. The van der Waals surface area contributed by atoms with Gasteiger partial charge in [0.2, 0.25) is 0 Å². The molecule has 1 aliphatic heterocycles. The van der Waals surface area contributed by atoms with Crippen LogP contribution in [0.2, 0.25) is 0 Å². The molecule has 0 aliphatic carbocycles. The summed E-state index contributed by atoms with van der Waals surface area (Å²) in [6, 6.07) is 11.5. The van der Waals surface area contributed by atoms with E-state index in [1.165, 1.54) is 12.1 Å². The van der Waals surface area contributed by atoms with E-state index in [0.717, 1.165) is 18.4 Å². The molecule has 0 radical (unpaired) electrons. The van der Waals surface area contributed by atoms with Crippen molar-refractivity contribution in [1.29, 1.82) is 0 Å². The summed E-state index contributed by atoms with van der Waals surface area (Å²) in [5.74, 6) is 0.594. The van der Waals surface area contributed by atoms with Crippen LogP contribution in [0.15, 0.2) is 42.5 Å². The summed E-state index contributed by atoms with van der Waals surface area (Å²) in [6.07, 6.45) is 1.70. The van der Waals surface area contributed by atoms with Crippen molar-refractivity contribution in [1.82, 2.24) is 4.90 Å². The molecule has 1 amide bonds. The molecule has 1 saturated heterocycles. The number of ether oxygens (including phenoxy) is 2. The minimum Gasteiger partial charge on any atom is -0.497 e. The van der Waals surface area contributed by atoms with Gasteiger partial charge in [-0.05, 0) is 37.1 Å². The maximum Gasteiger partial charge on any atom is 0.257 e. The Hall–Kier alpha value is -2.56. The van der Waals surface area contributed by atoms with Gasteiger partial charge in [0, 0.05) is 18.2 Å². The van der Waals surface area contributed by atoms with Crippen molar-refractivity contribution in [3.8, 4) is 11.5 Å². The van der Waals surface area contributed by atoms with E-state index in [9.17, 15) is 9.18 Å². The molecule has 4 nitrogen and oxygen atoms in total. The van der Waals surface area contributed by atoms with Gasteiger partial charge in [0.05, 0.1) is 25.8 Å².